The number of phenolic OH excluding ortho intramolecular Hbond substituents is 1. The molecular weight excluding hydrogens is 322 g/mol. The maximum Gasteiger partial charge on any atom is 0.317 e. The van der Waals surface area contributed by atoms with Crippen LogP contribution in [0.4, 0.5) is 0 Å². The van der Waals surface area contributed by atoms with Crippen molar-refractivity contribution in [2.75, 3.05) is 13.1 Å². The van der Waals surface area contributed by atoms with E-state index in [9.17, 15) is 15.0 Å². The van der Waals surface area contributed by atoms with Crippen LogP contribution in [-0.4, -0.2) is 51.9 Å². The SMILES string of the molecule is CC1(C)Oc2cc(O)ccc2[C@@H]2O[C@@H]3CCCN(CC(=O)O)[C@@H]3C[C@H]21. The maximum absolute atomic E-state index is 11.2. The van der Waals surface area contributed by atoms with Crippen molar-refractivity contribution in [1.29, 1.82) is 0 Å². The average Bonchev–Trinajstić information content (AvgIpc) is 2.52. The third-order valence-electron chi connectivity index (χ3n) is 5.92. The molecule has 4 atom stereocenters. The number of phenols is 1. The average molecular weight is 347 g/mol. The van der Waals surface area contributed by atoms with E-state index in [1.54, 1.807) is 12.1 Å². The van der Waals surface area contributed by atoms with E-state index in [1.807, 2.05) is 19.9 Å². The molecular formula is C19H25NO5. The predicted octanol–water partition coefficient (Wildman–Crippen LogP) is 2.56. The minimum absolute atomic E-state index is 0.0462. The minimum atomic E-state index is -0.789. The second kappa shape index (κ2) is 5.88. The molecule has 0 bridgehead atoms. The summed E-state index contributed by atoms with van der Waals surface area (Å²) in [6, 6.07) is 5.33. The second-order valence-electron chi connectivity index (χ2n) is 7.94. The molecule has 25 heavy (non-hydrogen) atoms. The van der Waals surface area contributed by atoms with Gasteiger partial charge in [-0.2, -0.15) is 0 Å². The lowest BCUT2D eigenvalue weighted by atomic mass is 9.72. The molecule has 1 aromatic rings. The summed E-state index contributed by atoms with van der Waals surface area (Å²) in [6.07, 6.45) is 2.73. The monoisotopic (exact) mass is 347 g/mol. The topological polar surface area (TPSA) is 79.2 Å². The highest BCUT2D eigenvalue weighted by atomic mass is 16.5. The van der Waals surface area contributed by atoms with Crippen LogP contribution < -0.4 is 4.74 Å². The van der Waals surface area contributed by atoms with E-state index in [4.69, 9.17) is 9.47 Å². The van der Waals surface area contributed by atoms with Gasteiger partial charge in [0.05, 0.1) is 18.8 Å². The van der Waals surface area contributed by atoms with E-state index >= 15 is 0 Å². The number of nitrogens with zero attached hydrogens (tertiary/aromatic N) is 1. The van der Waals surface area contributed by atoms with Gasteiger partial charge in [0.15, 0.2) is 0 Å². The van der Waals surface area contributed by atoms with Crippen molar-refractivity contribution in [2.45, 2.75) is 57.0 Å². The van der Waals surface area contributed by atoms with E-state index in [1.165, 1.54) is 0 Å². The van der Waals surface area contributed by atoms with Crippen molar-refractivity contribution in [3.8, 4) is 11.5 Å². The van der Waals surface area contributed by atoms with Crippen LogP contribution in [0.25, 0.3) is 0 Å². The lowest BCUT2D eigenvalue weighted by Gasteiger charge is -2.54. The third kappa shape index (κ3) is 2.87. The number of carboxylic acids is 1. The summed E-state index contributed by atoms with van der Waals surface area (Å²) in [5.74, 6) is 0.220. The highest BCUT2D eigenvalue weighted by Gasteiger charge is 2.52. The predicted molar refractivity (Wildman–Crippen MR) is 90.8 cm³/mol. The molecule has 0 unspecified atom stereocenters. The third-order valence-corrected chi connectivity index (χ3v) is 5.92. The van der Waals surface area contributed by atoms with Crippen LogP contribution in [0.1, 0.15) is 44.8 Å². The number of ether oxygens (including phenoxy) is 2. The van der Waals surface area contributed by atoms with Crippen LogP contribution in [0.3, 0.4) is 0 Å². The van der Waals surface area contributed by atoms with Crippen molar-refractivity contribution in [1.82, 2.24) is 4.90 Å². The van der Waals surface area contributed by atoms with Crippen LogP contribution in [-0.2, 0) is 9.53 Å². The molecule has 0 amide bonds. The van der Waals surface area contributed by atoms with Gasteiger partial charge >= 0.3 is 5.97 Å². The quantitative estimate of drug-likeness (QED) is 0.856. The standard InChI is InChI=1S/C19H25NO5/c1-19(2)13-9-14-15(4-3-7-20(14)10-17(22)23)24-18(13)12-6-5-11(21)8-16(12)25-19/h5-6,8,13-15,18,21H,3-4,7,9-10H2,1-2H3,(H,22,23)/t13-,14-,15-,18+/m1/s1. The van der Waals surface area contributed by atoms with E-state index < -0.39 is 11.6 Å². The first-order valence-electron chi connectivity index (χ1n) is 8.98. The van der Waals surface area contributed by atoms with Gasteiger partial charge < -0.3 is 19.7 Å². The number of piperidine rings is 1. The largest absolute Gasteiger partial charge is 0.508 e. The first kappa shape index (κ1) is 16.7. The van der Waals surface area contributed by atoms with Gasteiger partial charge in [-0.25, -0.2) is 0 Å². The molecule has 6 nitrogen and oxygen atoms in total. The summed E-state index contributed by atoms with van der Waals surface area (Å²) in [4.78, 5) is 13.3. The molecule has 2 fully saturated rings. The number of hydrogen-bond donors (Lipinski definition) is 2. The normalized spacial score (nSPS) is 33.5. The Morgan fingerprint density at radius 2 is 2.20 bits per heavy atom. The number of carbonyl (C=O) groups is 1. The maximum atomic E-state index is 11.2. The smallest absolute Gasteiger partial charge is 0.317 e. The Bertz CT molecular complexity index is 688. The summed E-state index contributed by atoms with van der Waals surface area (Å²) >= 11 is 0. The summed E-state index contributed by atoms with van der Waals surface area (Å²) in [5, 5.41) is 19.0. The van der Waals surface area contributed by atoms with Gasteiger partial charge in [0, 0.05) is 23.6 Å². The molecule has 2 N–H and O–H groups in total. The van der Waals surface area contributed by atoms with Crippen LogP contribution in [0.2, 0.25) is 0 Å². The molecule has 2 saturated heterocycles. The molecule has 6 heteroatoms. The number of hydrogen-bond acceptors (Lipinski definition) is 5. The van der Waals surface area contributed by atoms with Gasteiger partial charge in [-0.15, -0.1) is 0 Å². The van der Waals surface area contributed by atoms with Crippen molar-refractivity contribution < 1.29 is 24.5 Å². The number of rotatable bonds is 2. The zero-order chi connectivity index (χ0) is 17.8. The van der Waals surface area contributed by atoms with Gasteiger partial charge in [0.25, 0.3) is 0 Å². The van der Waals surface area contributed by atoms with Gasteiger partial charge in [0.1, 0.15) is 17.1 Å². The number of carboxylic acid groups (broad SMARTS) is 1. The highest BCUT2D eigenvalue weighted by molar-refractivity contribution is 5.69. The summed E-state index contributed by atoms with van der Waals surface area (Å²) in [5.41, 5.74) is 0.541. The number of aliphatic carboxylic acids is 1. The molecule has 0 aromatic heterocycles. The van der Waals surface area contributed by atoms with Crippen molar-refractivity contribution in [2.24, 2.45) is 5.92 Å². The number of aromatic hydroxyl groups is 1. The van der Waals surface area contributed by atoms with Gasteiger partial charge in [-0.05, 0) is 51.8 Å². The first-order valence-corrected chi connectivity index (χ1v) is 8.98. The molecule has 3 heterocycles. The Balaban J connectivity index is 1.67. The molecule has 136 valence electrons. The fourth-order valence-electron chi connectivity index (χ4n) is 4.73. The summed E-state index contributed by atoms with van der Waals surface area (Å²) in [7, 11) is 0. The van der Waals surface area contributed by atoms with Crippen LogP contribution >= 0.6 is 0 Å². The van der Waals surface area contributed by atoms with Crippen LogP contribution in [0.5, 0.6) is 11.5 Å². The van der Waals surface area contributed by atoms with E-state index in [-0.39, 0.29) is 36.5 Å². The molecule has 1 aromatic carbocycles. The Morgan fingerprint density at radius 1 is 1.40 bits per heavy atom. The minimum Gasteiger partial charge on any atom is -0.508 e. The van der Waals surface area contributed by atoms with Crippen molar-refractivity contribution >= 4 is 5.97 Å². The van der Waals surface area contributed by atoms with Gasteiger partial charge in [-0.3, -0.25) is 9.69 Å². The lowest BCUT2D eigenvalue weighted by molar-refractivity contribution is -0.190. The van der Waals surface area contributed by atoms with Gasteiger partial charge in [0.2, 0.25) is 0 Å². The number of benzene rings is 1. The van der Waals surface area contributed by atoms with E-state index in [0.717, 1.165) is 31.4 Å². The zero-order valence-electron chi connectivity index (χ0n) is 14.6. The fourth-order valence-corrected chi connectivity index (χ4v) is 4.73. The van der Waals surface area contributed by atoms with Gasteiger partial charge in [-0.1, -0.05) is 0 Å². The van der Waals surface area contributed by atoms with Crippen LogP contribution in [0.15, 0.2) is 18.2 Å². The molecule has 3 aliphatic rings. The molecule has 0 aliphatic carbocycles. The molecule has 4 rings (SSSR count). The zero-order valence-corrected chi connectivity index (χ0v) is 14.6. The Kier molecular flexibility index (Phi) is 3.92. The molecule has 0 spiro atoms. The lowest BCUT2D eigenvalue weighted by Crippen LogP contribution is -2.59. The Labute approximate surface area is 147 Å². The van der Waals surface area contributed by atoms with E-state index in [2.05, 4.69) is 4.90 Å². The van der Waals surface area contributed by atoms with Crippen molar-refractivity contribution in [3.63, 3.8) is 0 Å². The summed E-state index contributed by atoms with van der Waals surface area (Å²) < 4.78 is 12.7. The first-order chi connectivity index (χ1) is 11.8. The summed E-state index contributed by atoms with van der Waals surface area (Å²) in [6.45, 7) is 4.96. The molecule has 0 saturated carbocycles. The fraction of sp³-hybridized carbons (Fsp3) is 0.632. The van der Waals surface area contributed by atoms with Crippen molar-refractivity contribution in [3.05, 3.63) is 23.8 Å². The van der Waals surface area contributed by atoms with Crippen LogP contribution in [0, 0.1) is 5.92 Å². The van der Waals surface area contributed by atoms with E-state index in [0.29, 0.717) is 5.75 Å². The number of fused-ring (bicyclic) bond motifs is 4. The number of likely N-dealkylation sites (tertiary alicyclic amines) is 1. The molecule has 3 aliphatic heterocycles. The Hall–Kier alpha value is -1.79. The highest BCUT2D eigenvalue weighted by Crippen LogP contribution is 2.52. The Morgan fingerprint density at radius 3 is 2.96 bits per heavy atom. The molecule has 0 radical (unpaired) electrons. The second-order valence-corrected chi connectivity index (χ2v) is 7.94.